The average Bonchev–Trinajstić information content (AvgIpc) is 2.97. The van der Waals surface area contributed by atoms with Crippen LogP contribution in [0.1, 0.15) is 21.5 Å². The largest absolute Gasteiger partial charge is 0.298 e. The van der Waals surface area contributed by atoms with Crippen LogP contribution in [0.2, 0.25) is 0 Å². The molecule has 0 aliphatic rings. The SMILES string of the molecule is Cc1ccc(-c2csc(NC(=O)c3ccccc3C)n2)cc1. The van der Waals surface area contributed by atoms with Gasteiger partial charge in [-0.15, -0.1) is 11.3 Å². The van der Waals surface area contributed by atoms with Crippen molar-refractivity contribution >= 4 is 22.4 Å². The average molecular weight is 308 g/mol. The van der Waals surface area contributed by atoms with Crippen molar-refractivity contribution in [3.05, 3.63) is 70.6 Å². The van der Waals surface area contributed by atoms with E-state index < -0.39 is 0 Å². The Morgan fingerprint density at radius 1 is 1.05 bits per heavy atom. The summed E-state index contributed by atoms with van der Waals surface area (Å²) in [6.07, 6.45) is 0. The summed E-state index contributed by atoms with van der Waals surface area (Å²) < 4.78 is 0. The van der Waals surface area contributed by atoms with Gasteiger partial charge in [0, 0.05) is 16.5 Å². The van der Waals surface area contributed by atoms with Gasteiger partial charge in [-0.05, 0) is 25.5 Å². The third-order valence-electron chi connectivity index (χ3n) is 3.46. The Hall–Kier alpha value is -2.46. The Bertz CT molecular complexity index is 806. The molecule has 3 nitrogen and oxygen atoms in total. The van der Waals surface area contributed by atoms with Crippen molar-refractivity contribution in [2.24, 2.45) is 0 Å². The van der Waals surface area contributed by atoms with Crippen molar-refractivity contribution in [3.63, 3.8) is 0 Å². The van der Waals surface area contributed by atoms with Crippen LogP contribution >= 0.6 is 11.3 Å². The minimum Gasteiger partial charge on any atom is -0.298 e. The molecule has 0 aliphatic carbocycles. The molecule has 1 heterocycles. The van der Waals surface area contributed by atoms with Crippen LogP contribution in [0.3, 0.4) is 0 Å². The summed E-state index contributed by atoms with van der Waals surface area (Å²) in [6.45, 7) is 3.98. The molecule has 0 saturated carbocycles. The fraction of sp³-hybridized carbons (Fsp3) is 0.111. The van der Waals surface area contributed by atoms with Gasteiger partial charge in [0.15, 0.2) is 5.13 Å². The maximum absolute atomic E-state index is 12.3. The number of rotatable bonds is 3. The molecular weight excluding hydrogens is 292 g/mol. The van der Waals surface area contributed by atoms with Crippen LogP contribution in [0.25, 0.3) is 11.3 Å². The molecule has 0 fully saturated rings. The highest BCUT2D eigenvalue weighted by molar-refractivity contribution is 7.14. The summed E-state index contributed by atoms with van der Waals surface area (Å²) in [6, 6.07) is 15.7. The van der Waals surface area contributed by atoms with Gasteiger partial charge in [0.1, 0.15) is 0 Å². The van der Waals surface area contributed by atoms with Gasteiger partial charge in [0.05, 0.1) is 5.69 Å². The molecule has 3 aromatic rings. The maximum atomic E-state index is 12.3. The second-order valence-electron chi connectivity index (χ2n) is 5.17. The number of aromatic nitrogens is 1. The van der Waals surface area contributed by atoms with E-state index in [0.717, 1.165) is 16.8 Å². The van der Waals surface area contributed by atoms with Crippen LogP contribution < -0.4 is 5.32 Å². The van der Waals surface area contributed by atoms with Crippen molar-refractivity contribution < 1.29 is 4.79 Å². The van der Waals surface area contributed by atoms with Crippen molar-refractivity contribution in [2.45, 2.75) is 13.8 Å². The second-order valence-corrected chi connectivity index (χ2v) is 6.03. The highest BCUT2D eigenvalue weighted by Gasteiger charge is 2.11. The molecule has 0 spiro atoms. The Labute approximate surface area is 133 Å². The zero-order chi connectivity index (χ0) is 15.5. The summed E-state index contributed by atoms with van der Waals surface area (Å²) in [5.74, 6) is -0.122. The molecule has 0 unspecified atom stereocenters. The van der Waals surface area contributed by atoms with E-state index in [1.54, 1.807) is 0 Å². The van der Waals surface area contributed by atoms with E-state index in [2.05, 4.69) is 29.4 Å². The third kappa shape index (κ3) is 3.07. The van der Waals surface area contributed by atoms with Gasteiger partial charge in [-0.25, -0.2) is 4.98 Å². The van der Waals surface area contributed by atoms with Gasteiger partial charge in [-0.3, -0.25) is 10.1 Å². The lowest BCUT2D eigenvalue weighted by Gasteiger charge is -2.04. The molecule has 0 saturated heterocycles. The molecule has 0 aliphatic heterocycles. The zero-order valence-corrected chi connectivity index (χ0v) is 13.3. The van der Waals surface area contributed by atoms with E-state index in [0.29, 0.717) is 10.7 Å². The van der Waals surface area contributed by atoms with Gasteiger partial charge in [0.2, 0.25) is 0 Å². The molecular formula is C18H16N2OS. The summed E-state index contributed by atoms with van der Waals surface area (Å²) in [5.41, 5.74) is 4.78. The number of anilines is 1. The Morgan fingerprint density at radius 2 is 1.77 bits per heavy atom. The minimum atomic E-state index is -0.122. The Balaban J connectivity index is 1.78. The van der Waals surface area contributed by atoms with E-state index >= 15 is 0 Å². The predicted octanol–water partition coefficient (Wildman–Crippen LogP) is 4.68. The summed E-state index contributed by atoms with van der Waals surface area (Å²) >= 11 is 1.43. The smallest absolute Gasteiger partial charge is 0.257 e. The number of thiazole rings is 1. The molecule has 1 amide bonds. The fourth-order valence-corrected chi connectivity index (χ4v) is 2.89. The number of hydrogen-bond donors (Lipinski definition) is 1. The van der Waals surface area contributed by atoms with Gasteiger partial charge in [0.25, 0.3) is 5.91 Å². The first kappa shape index (κ1) is 14.5. The van der Waals surface area contributed by atoms with Crippen molar-refractivity contribution in [1.82, 2.24) is 4.98 Å². The minimum absolute atomic E-state index is 0.122. The molecule has 2 aromatic carbocycles. The number of amides is 1. The lowest BCUT2D eigenvalue weighted by Crippen LogP contribution is -2.12. The molecule has 0 bridgehead atoms. The van der Waals surface area contributed by atoms with Crippen LogP contribution in [-0.2, 0) is 0 Å². The second kappa shape index (κ2) is 6.12. The molecule has 1 aromatic heterocycles. The lowest BCUT2D eigenvalue weighted by molar-refractivity contribution is 0.102. The number of benzene rings is 2. The van der Waals surface area contributed by atoms with Gasteiger partial charge >= 0.3 is 0 Å². The number of carbonyl (C=O) groups excluding carboxylic acids is 1. The first-order valence-corrected chi connectivity index (χ1v) is 7.91. The van der Waals surface area contributed by atoms with Gasteiger partial charge in [-0.1, -0.05) is 48.0 Å². The third-order valence-corrected chi connectivity index (χ3v) is 4.22. The summed E-state index contributed by atoms with van der Waals surface area (Å²) in [5, 5.41) is 5.44. The number of carbonyl (C=O) groups is 1. The van der Waals surface area contributed by atoms with Crippen molar-refractivity contribution in [2.75, 3.05) is 5.32 Å². The molecule has 1 N–H and O–H groups in total. The first-order chi connectivity index (χ1) is 10.6. The highest BCUT2D eigenvalue weighted by atomic mass is 32.1. The topological polar surface area (TPSA) is 42.0 Å². The van der Waals surface area contributed by atoms with Crippen molar-refractivity contribution in [1.29, 1.82) is 0 Å². The Kier molecular flexibility index (Phi) is 4.02. The van der Waals surface area contributed by atoms with Crippen LogP contribution in [0, 0.1) is 13.8 Å². The van der Waals surface area contributed by atoms with Gasteiger partial charge in [-0.2, -0.15) is 0 Å². The number of nitrogens with zero attached hydrogens (tertiary/aromatic N) is 1. The molecule has 22 heavy (non-hydrogen) atoms. The first-order valence-electron chi connectivity index (χ1n) is 7.03. The van der Waals surface area contributed by atoms with Gasteiger partial charge < -0.3 is 0 Å². The van der Waals surface area contributed by atoms with Crippen LogP contribution in [0.4, 0.5) is 5.13 Å². The van der Waals surface area contributed by atoms with Crippen molar-refractivity contribution in [3.8, 4) is 11.3 Å². The van der Waals surface area contributed by atoms with Crippen LogP contribution in [0.15, 0.2) is 53.9 Å². The fourth-order valence-electron chi connectivity index (χ4n) is 2.18. The quantitative estimate of drug-likeness (QED) is 0.763. The molecule has 110 valence electrons. The highest BCUT2D eigenvalue weighted by Crippen LogP contribution is 2.25. The number of aryl methyl sites for hydroxylation is 2. The van der Waals surface area contributed by atoms with Crippen LogP contribution in [0.5, 0.6) is 0 Å². The number of nitrogens with one attached hydrogen (secondary N) is 1. The van der Waals surface area contributed by atoms with Crippen LogP contribution in [-0.4, -0.2) is 10.9 Å². The van der Waals surface area contributed by atoms with E-state index in [1.807, 2.05) is 48.7 Å². The van der Waals surface area contributed by atoms with E-state index in [-0.39, 0.29) is 5.91 Å². The molecule has 3 rings (SSSR count). The monoisotopic (exact) mass is 308 g/mol. The lowest BCUT2D eigenvalue weighted by atomic mass is 10.1. The standard InChI is InChI=1S/C18H16N2OS/c1-12-7-9-14(10-8-12)16-11-22-18(19-16)20-17(21)15-6-4-3-5-13(15)2/h3-11H,1-2H3,(H,19,20,21). The van der Waals surface area contributed by atoms with E-state index in [9.17, 15) is 4.79 Å². The molecule has 4 heteroatoms. The zero-order valence-electron chi connectivity index (χ0n) is 12.5. The molecule has 0 atom stereocenters. The normalized spacial score (nSPS) is 10.5. The predicted molar refractivity (Wildman–Crippen MR) is 91.4 cm³/mol. The summed E-state index contributed by atoms with van der Waals surface area (Å²) in [4.78, 5) is 16.8. The van der Waals surface area contributed by atoms with E-state index in [1.165, 1.54) is 16.9 Å². The van der Waals surface area contributed by atoms with E-state index in [4.69, 9.17) is 0 Å². The summed E-state index contributed by atoms with van der Waals surface area (Å²) in [7, 11) is 0. The Morgan fingerprint density at radius 3 is 2.50 bits per heavy atom. The number of hydrogen-bond acceptors (Lipinski definition) is 3. The molecule has 0 radical (unpaired) electrons. The maximum Gasteiger partial charge on any atom is 0.257 e.